The number of hydrogen-bond donors (Lipinski definition) is 0. The fourth-order valence-electron chi connectivity index (χ4n) is 2.22. The Labute approximate surface area is 139 Å². The van der Waals surface area contributed by atoms with Gasteiger partial charge < -0.3 is 19.1 Å². The summed E-state index contributed by atoms with van der Waals surface area (Å²) < 4.78 is 15.3. The zero-order valence-electron chi connectivity index (χ0n) is 14.9. The van der Waals surface area contributed by atoms with E-state index in [1.165, 1.54) is 19.1 Å². The van der Waals surface area contributed by atoms with Gasteiger partial charge in [-0.1, -0.05) is 39.5 Å². The predicted octanol–water partition coefficient (Wildman–Crippen LogP) is 2.94. The van der Waals surface area contributed by atoms with Gasteiger partial charge in [0.05, 0.1) is 13.7 Å². The average molecular weight is 327 g/mol. The number of amides is 1. The molecule has 0 radical (unpaired) electrons. The van der Waals surface area contributed by atoms with Gasteiger partial charge >= 0.3 is 12.1 Å². The highest BCUT2D eigenvalue weighted by atomic mass is 16.6. The first-order valence-corrected chi connectivity index (χ1v) is 7.88. The molecule has 1 amide bonds. The van der Waals surface area contributed by atoms with Crippen LogP contribution in [0.1, 0.15) is 33.6 Å². The van der Waals surface area contributed by atoms with Crippen LogP contribution < -0.4 is 0 Å². The minimum atomic E-state index is -1.09. The van der Waals surface area contributed by atoms with Crippen molar-refractivity contribution in [2.24, 2.45) is 0 Å². The molecule has 1 aliphatic rings. The SMILES string of the molecule is C=C/C=C(\CC)COC(=O)N1CCC(OC)(C(=O)OC)C1.CC. The Balaban J connectivity index is 0.00000232. The lowest BCUT2D eigenvalue weighted by Gasteiger charge is -2.24. The normalized spacial score (nSPS) is 20.4. The molecular weight excluding hydrogens is 298 g/mol. The molecule has 0 aromatic carbocycles. The van der Waals surface area contributed by atoms with Crippen molar-refractivity contribution in [2.45, 2.75) is 39.2 Å². The number of esters is 1. The quantitative estimate of drug-likeness (QED) is 0.554. The van der Waals surface area contributed by atoms with Crippen LogP contribution in [0.3, 0.4) is 0 Å². The van der Waals surface area contributed by atoms with E-state index in [1.54, 1.807) is 6.08 Å². The number of likely N-dealkylation sites (tertiary alicyclic amines) is 1. The standard InChI is InChI=1S/C15H23NO5.C2H6/c1-5-7-12(6-2)10-21-14(18)16-9-8-15(11-16,20-4)13(17)19-3;1-2/h5,7H,1,6,8-11H2,2-4H3;1-2H3/b12-7+;. The van der Waals surface area contributed by atoms with Gasteiger partial charge in [0.15, 0.2) is 5.60 Å². The van der Waals surface area contributed by atoms with Gasteiger partial charge in [-0.15, -0.1) is 0 Å². The molecule has 6 nitrogen and oxygen atoms in total. The smallest absolute Gasteiger partial charge is 0.410 e. The molecule has 1 fully saturated rings. The van der Waals surface area contributed by atoms with Crippen molar-refractivity contribution in [2.75, 3.05) is 33.9 Å². The van der Waals surface area contributed by atoms with Gasteiger partial charge in [-0.25, -0.2) is 9.59 Å². The molecule has 1 rings (SSSR count). The van der Waals surface area contributed by atoms with Crippen LogP contribution in [0.4, 0.5) is 4.79 Å². The van der Waals surface area contributed by atoms with Crippen LogP contribution in [0, 0.1) is 0 Å². The molecule has 0 aromatic heterocycles. The van der Waals surface area contributed by atoms with Crippen LogP contribution in [-0.2, 0) is 19.0 Å². The van der Waals surface area contributed by atoms with Crippen molar-refractivity contribution in [3.05, 3.63) is 24.3 Å². The van der Waals surface area contributed by atoms with Gasteiger partial charge in [0, 0.05) is 20.1 Å². The zero-order chi connectivity index (χ0) is 17.9. The molecule has 0 spiro atoms. The lowest BCUT2D eigenvalue weighted by molar-refractivity contribution is -0.164. The average Bonchev–Trinajstić information content (AvgIpc) is 3.05. The van der Waals surface area contributed by atoms with Gasteiger partial charge in [0.1, 0.15) is 6.61 Å². The minimum absolute atomic E-state index is 0.141. The number of allylic oxidation sites excluding steroid dienone is 2. The van der Waals surface area contributed by atoms with E-state index in [0.717, 1.165) is 12.0 Å². The van der Waals surface area contributed by atoms with E-state index >= 15 is 0 Å². The Hall–Kier alpha value is -1.82. The van der Waals surface area contributed by atoms with E-state index in [4.69, 9.17) is 14.2 Å². The summed E-state index contributed by atoms with van der Waals surface area (Å²) in [6, 6.07) is 0. The van der Waals surface area contributed by atoms with Crippen molar-refractivity contribution in [1.82, 2.24) is 4.90 Å². The van der Waals surface area contributed by atoms with Gasteiger partial charge in [-0.3, -0.25) is 0 Å². The van der Waals surface area contributed by atoms with Crippen LogP contribution in [0.2, 0.25) is 0 Å². The third-order valence-electron chi connectivity index (χ3n) is 3.63. The molecule has 1 aliphatic heterocycles. The highest BCUT2D eigenvalue weighted by Gasteiger charge is 2.48. The van der Waals surface area contributed by atoms with Gasteiger partial charge in [-0.2, -0.15) is 0 Å². The van der Waals surface area contributed by atoms with E-state index in [1.807, 2.05) is 26.8 Å². The van der Waals surface area contributed by atoms with E-state index in [9.17, 15) is 9.59 Å². The summed E-state index contributed by atoms with van der Waals surface area (Å²) >= 11 is 0. The van der Waals surface area contributed by atoms with Crippen LogP contribution >= 0.6 is 0 Å². The maximum absolute atomic E-state index is 12.0. The summed E-state index contributed by atoms with van der Waals surface area (Å²) in [5.74, 6) is -0.471. The second-order valence-electron chi connectivity index (χ2n) is 4.83. The van der Waals surface area contributed by atoms with E-state index < -0.39 is 17.7 Å². The molecule has 6 heteroatoms. The lowest BCUT2D eigenvalue weighted by Crippen LogP contribution is -2.45. The van der Waals surface area contributed by atoms with E-state index in [0.29, 0.717) is 13.0 Å². The molecule has 1 saturated heterocycles. The van der Waals surface area contributed by atoms with Crippen molar-refractivity contribution in [3.63, 3.8) is 0 Å². The molecule has 1 atom stereocenters. The molecular formula is C17H29NO5. The Morgan fingerprint density at radius 2 is 1.96 bits per heavy atom. The van der Waals surface area contributed by atoms with Gasteiger partial charge in [-0.05, 0) is 12.0 Å². The Kier molecular flexibility index (Phi) is 9.97. The first kappa shape index (κ1) is 21.2. The molecule has 0 aliphatic carbocycles. The summed E-state index contributed by atoms with van der Waals surface area (Å²) in [6.45, 7) is 10.4. The largest absolute Gasteiger partial charge is 0.467 e. The zero-order valence-corrected chi connectivity index (χ0v) is 14.9. The van der Waals surface area contributed by atoms with Crippen LogP contribution in [0.15, 0.2) is 24.3 Å². The fraction of sp³-hybridized carbons (Fsp3) is 0.647. The molecule has 0 N–H and O–H groups in total. The number of ether oxygens (including phenoxy) is 3. The summed E-state index contributed by atoms with van der Waals surface area (Å²) in [5, 5.41) is 0. The third-order valence-corrected chi connectivity index (χ3v) is 3.63. The van der Waals surface area contributed by atoms with E-state index in [2.05, 4.69) is 6.58 Å². The summed E-state index contributed by atoms with van der Waals surface area (Å²) in [4.78, 5) is 25.3. The molecule has 0 aromatic rings. The molecule has 0 saturated carbocycles. The number of hydrogen-bond acceptors (Lipinski definition) is 5. The number of rotatable bonds is 6. The summed E-state index contributed by atoms with van der Waals surface area (Å²) in [7, 11) is 2.74. The number of carbonyl (C=O) groups is 2. The first-order valence-electron chi connectivity index (χ1n) is 7.88. The van der Waals surface area contributed by atoms with E-state index in [-0.39, 0.29) is 13.2 Å². The van der Waals surface area contributed by atoms with Gasteiger partial charge in [0.25, 0.3) is 0 Å². The molecule has 132 valence electrons. The Morgan fingerprint density at radius 3 is 2.43 bits per heavy atom. The fourth-order valence-corrected chi connectivity index (χ4v) is 2.22. The predicted molar refractivity (Wildman–Crippen MR) is 89.2 cm³/mol. The summed E-state index contributed by atoms with van der Waals surface area (Å²) in [6.07, 6.45) is 4.21. The number of methoxy groups -OCH3 is 2. The molecule has 1 unspecified atom stereocenters. The second-order valence-corrected chi connectivity index (χ2v) is 4.83. The Bertz CT molecular complexity index is 433. The van der Waals surface area contributed by atoms with Crippen LogP contribution in [0.25, 0.3) is 0 Å². The monoisotopic (exact) mass is 327 g/mol. The van der Waals surface area contributed by atoms with Gasteiger partial charge in [0.2, 0.25) is 0 Å². The summed E-state index contributed by atoms with van der Waals surface area (Å²) in [5.41, 5.74) is -0.110. The Morgan fingerprint density at radius 1 is 1.30 bits per heavy atom. The highest BCUT2D eigenvalue weighted by Crippen LogP contribution is 2.26. The van der Waals surface area contributed by atoms with Crippen molar-refractivity contribution < 1.29 is 23.8 Å². The third kappa shape index (κ3) is 5.71. The molecule has 23 heavy (non-hydrogen) atoms. The highest BCUT2D eigenvalue weighted by molar-refractivity contribution is 5.82. The lowest BCUT2D eigenvalue weighted by atomic mass is 10.0. The van der Waals surface area contributed by atoms with Crippen molar-refractivity contribution >= 4 is 12.1 Å². The molecule has 1 heterocycles. The number of carbonyl (C=O) groups excluding carboxylic acids is 2. The number of nitrogens with zero attached hydrogens (tertiary/aromatic N) is 1. The topological polar surface area (TPSA) is 65.1 Å². The van der Waals surface area contributed by atoms with Crippen LogP contribution in [0.5, 0.6) is 0 Å². The van der Waals surface area contributed by atoms with Crippen LogP contribution in [-0.4, -0.2) is 56.5 Å². The first-order chi connectivity index (χ1) is 11.0. The van der Waals surface area contributed by atoms with Crippen molar-refractivity contribution in [1.29, 1.82) is 0 Å². The van der Waals surface area contributed by atoms with Crippen molar-refractivity contribution in [3.8, 4) is 0 Å². The maximum Gasteiger partial charge on any atom is 0.410 e. The minimum Gasteiger partial charge on any atom is -0.467 e. The second kappa shape index (κ2) is 10.8. The molecule has 0 bridgehead atoms. The maximum atomic E-state index is 12.0.